The minimum atomic E-state index is -1.04. The number of para-hydroxylation sites is 1. The zero-order valence-electron chi connectivity index (χ0n) is 17.9. The van der Waals surface area contributed by atoms with Crippen LogP contribution in [0.15, 0.2) is 48.5 Å². The number of anilines is 1. The van der Waals surface area contributed by atoms with Gasteiger partial charge < -0.3 is 15.3 Å². The van der Waals surface area contributed by atoms with Gasteiger partial charge in [0.1, 0.15) is 0 Å². The number of imide groups is 1. The van der Waals surface area contributed by atoms with Crippen LogP contribution in [-0.2, 0) is 4.79 Å². The summed E-state index contributed by atoms with van der Waals surface area (Å²) in [5.41, 5.74) is 1.65. The highest BCUT2D eigenvalue weighted by Crippen LogP contribution is 2.31. The third-order valence-electron chi connectivity index (χ3n) is 6.13. The molecule has 3 amide bonds. The SMILES string of the molecule is O=C(NCC(O)CN1C(=O)c2ccccc2C1=O)C1CCCN(c2nc3ccccc3s2)C1. The number of piperidine rings is 1. The highest BCUT2D eigenvalue weighted by Gasteiger charge is 2.36. The van der Waals surface area contributed by atoms with Crippen LogP contribution in [0, 0.1) is 5.92 Å². The van der Waals surface area contributed by atoms with Gasteiger partial charge in [0, 0.05) is 19.6 Å². The van der Waals surface area contributed by atoms with E-state index in [0.717, 1.165) is 39.6 Å². The highest BCUT2D eigenvalue weighted by molar-refractivity contribution is 7.22. The van der Waals surface area contributed by atoms with E-state index in [1.807, 2.05) is 24.3 Å². The number of nitrogens with zero attached hydrogens (tertiary/aromatic N) is 3. The van der Waals surface area contributed by atoms with Crippen molar-refractivity contribution in [2.75, 3.05) is 31.1 Å². The maximum absolute atomic E-state index is 12.8. The summed E-state index contributed by atoms with van der Waals surface area (Å²) in [6.07, 6.45) is 0.605. The zero-order valence-corrected chi connectivity index (χ0v) is 18.8. The van der Waals surface area contributed by atoms with E-state index in [9.17, 15) is 19.5 Å². The number of amides is 3. The van der Waals surface area contributed by atoms with Crippen molar-refractivity contribution in [2.24, 2.45) is 5.92 Å². The molecule has 2 aromatic carbocycles. The van der Waals surface area contributed by atoms with Crippen molar-refractivity contribution >= 4 is 44.4 Å². The van der Waals surface area contributed by atoms with Crippen molar-refractivity contribution in [2.45, 2.75) is 18.9 Å². The second-order valence-electron chi connectivity index (χ2n) is 8.41. The first kappa shape index (κ1) is 21.5. The van der Waals surface area contributed by atoms with E-state index in [-0.39, 0.29) is 24.9 Å². The number of aliphatic hydroxyl groups excluding tert-OH is 1. The first-order valence-corrected chi connectivity index (χ1v) is 11.8. The largest absolute Gasteiger partial charge is 0.389 e. The van der Waals surface area contributed by atoms with Crippen molar-refractivity contribution in [1.29, 1.82) is 0 Å². The molecule has 1 aromatic heterocycles. The van der Waals surface area contributed by atoms with Gasteiger partial charge in [0.25, 0.3) is 11.8 Å². The lowest BCUT2D eigenvalue weighted by atomic mass is 9.97. The molecule has 2 unspecified atom stereocenters. The average molecular weight is 465 g/mol. The molecule has 5 rings (SSSR count). The Bertz CT molecular complexity index is 1160. The second-order valence-corrected chi connectivity index (χ2v) is 9.42. The van der Waals surface area contributed by atoms with Gasteiger partial charge >= 0.3 is 0 Å². The van der Waals surface area contributed by atoms with Gasteiger partial charge in [-0.15, -0.1) is 0 Å². The Morgan fingerprint density at radius 2 is 1.82 bits per heavy atom. The molecular formula is C24H24N4O4S. The molecule has 3 heterocycles. The van der Waals surface area contributed by atoms with Crippen molar-refractivity contribution in [3.8, 4) is 0 Å². The molecule has 170 valence electrons. The summed E-state index contributed by atoms with van der Waals surface area (Å²) in [7, 11) is 0. The van der Waals surface area contributed by atoms with Crippen molar-refractivity contribution < 1.29 is 19.5 Å². The van der Waals surface area contributed by atoms with Crippen LogP contribution in [-0.4, -0.2) is 65.0 Å². The molecule has 2 aliphatic heterocycles. The third kappa shape index (κ3) is 4.21. The lowest BCUT2D eigenvalue weighted by Gasteiger charge is -2.32. The number of benzene rings is 2. The number of carbonyl (C=O) groups is 3. The third-order valence-corrected chi connectivity index (χ3v) is 7.23. The second kappa shape index (κ2) is 8.92. The smallest absolute Gasteiger partial charge is 0.261 e. The Morgan fingerprint density at radius 3 is 2.55 bits per heavy atom. The van der Waals surface area contributed by atoms with Gasteiger partial charge in [-0.3, -0.25) is 19.3 Å². The predicted molar refractivity (Wildman–Crippen MR) is 125 cm³/mol. The molecule has 1 saturated heterocycles. The van der Waals surface area contributed by atoms with Crippen LogP contribution in [0.25, 0.3) is 10.2 Å². The summed E-state index contributed by atoms with van der Waals surface area (Å²) in [5, 5.41) is 14.1. The molecule has 0 spiro atoms. The first-order chi connectivity index (χ1) is 16.0. The van der Waals surface area contributed by atoms with Gasteiger partial charge in [0.15, 0.2) is 5.13 Å². The summed E-state index contributed by atoms with van der Waals surface area (Å²) in [6, 6.07) is 14.6. The predicted octanol–water partition coefficient (Wildman–Crippen LogP) is 2.29. The van der Waals surface area contributed by atoms with Gasteiger partial charge in [-0.2, -0.15) is 0 Å². The summed E-state index contributed by atoms with van der Waals surface area (Å²) in [6.45, 7) is 1.24. The van der Waals surface area contributed by atoms with E-state index in [0.29, 0.717) is 17.7 Å². The molecule has 0 aliphatic carbocycles. The van der Waals surface area contributed by atoms with Crippen LogP contribution >= 0.6 is 11.3 Å². The maximum atomic E-state index is 12.8. The summed E-state index contributed by atoms with van der Waals surface area (Å²) < 4.78 is 1.12. The minimum absolute atomic E-state index is 0.0239. The molecule has 0 saturated carbocycles. The van der Waals surface area contributed by atoms with Gasteiger partial charge in [-0.25, -0.2) is 4.98 Å². The van der Waals surface area contributed by atoms with Crippen LogP contribution in [0.5, 0.6) is 0 Å². The number of aromatic nitrogens is 1. The lowest BCUT2D eigenvalue weighted by Crippen LogP contribution is -2.47. The highest BCUT2D eigenvalue weighted by atomic mass is 32.1. The Hall–Kier alpha value is -3.30. The molecule has 9 heteroatoms. The first-order valence-electron chi connectivity index (χ1n) is 11.0. The molecule has 2 atom stereocenters. The summed E-state index contributed by atoms with van der Waals surface area (Å²) >= 11 is 1.62. The van der Waals surface area contributed by atoms with Crippen LogP contribution < -0.4 is 10.2 Å². The van der Waals surface area contributed by atoms with Gasteiger partial charge in [0.2, 0.25) is 5.91 Å². The topological polar surface area (TPSA) is 103 Å². The number of carbonyl (C=O) groups excluding carboxylic acids is 3. The van der Waals surface area contributed by atoms with E-state index in [1.54, 1.807) is 35.6 Å². The van der Waals surface area contributed by atoms with Crippen molar-refractivity contribution in [1.82, 2.24) is 15.2 Å². The normalized spacial score (nSPS) is 19.1. The maximum Gasteiger partial charge on any atom is 0.261 e. The average Bonchev–Trinajstić information content (AvgIpc) is 3.38. The molecular weight excluding hydrogens is 440 g/mol. The van der Waals surface area contributed by atoms with Gasteiger partial charge in [-0.1, -0.05) is 35.6 Å². The fraction of sp³-hybridized carbons (Fsp3) is 0.333. The van der Waals surface area contributed by atoms with Crippen LogP contribution in [0.3, 0.4) is 0 Å². The summed E-state index contributed by atoms with van der Waals surface area (Å²) in [4.78, 5) is 45.6. The minimum Gasteiger partial charge on any atom is -0.389 e. The molecule has 8 nitrogen and oxygen atoms in total. The van der Waals surface area contributed by atoms with Crippen molar-refractivity contribution in [3.63, 3.8) is 0 Å². The Kier molecular flexibility index (Phi) is 5.82. The number of hydrogen-bond donors (Lipinski definition) is 2. The van der Waals surface area contributed by atoms with E-state index in [4.69, 9.17) is 4.98 Å². The molecule has 0 bridgehead atoms. The zero-order chi connectivity index (χ0) is 22.9. The summed E-state index contributed by atoms with van der Waals surface area (Å²) in [5.74, 6) is -1.18. The molecule has 33 heavy (non-hydrogen) atoms. The molecule has 1 fully saturated rings. The number of thiazole rings is 1. The number of fused-ring (bicyclic) bond motifs is 2. The number of aliphatic hydroxyl groups is 1. The molecule has 2 aliphatic rings. The standard InChI is InChI=1S/C24H24N4O4S/c29-16(14-28-22(31)17-7-1-2-8-18(17)23(28)32)12-25-21(30)15-6-5-11-27(13-15)24-26-19-9-3-4-10-20(19)33-24/h1-4,7-10,15-16,29H,5-6,11-14H2,(H,25,30). The Labute approximate surface area is 194 Å². The fourth-order valence-electron chi connectivity index (χ4n) is 4.40. The van der Waals surface area contributed by atoms with E-state index < -0.39 is 17.9 Å². The lowest BCUT2D eigenvalue weighted by molar-refractivity contribution is -0.125. The van der Waals surface area contributed by atoms with Crippen molar-refractivity contribution in [3.05, 3.63) is 59.7 Å². The molecule has 3 aromatic rings. The van der Waals surface area contributed by atoms with E-state index in [1.165, 1.54) is 0 Å². The van der Waals surface area contributed by atoms with E-state index in [2.05, 4.69) is 10.2 Å². The molecule has 2 N–H and O–H groups in total. The van der Waals surface area contributed by atoms with Crippen LogP contribution in [0.1, 0.15) is 33.6 Å². The van der Waals surface area contributed by atoms with Gasteiger partial charge in [-0.05, 0) is 37.1 Å². The molecule has 0 radical (unpaired) electrons. The van der Waals surface area contributed by atoms with Gasteiger partial charge in [0.05, 0.1) is 39.9 Å². The van der Waals surface area contributed by atoms with Crippen LogP contribution in [0.4, 0.5) is 5.13 Å². The number of β-amino-alcohol motifs (C(OH)–C–C–N with tert-alkyl or cyclic N) is 1. The number of rotatable bonds is 6. The quantitative estimate of drug-likeness (QED) is 0.543. The Morgan fingerprint density at radius 1 is 1.12 bits per heavy atom. The van der Waals surface area contributed by atoms with Crippen LogP contribution in [0.2, 0.25) is 0 Å². The Balaban J connectivity index is 1.15. The number of hydrogen-bond acceptors (Lipinski definition) is 7. The number of nitrogens with one attached hydrogen (secondary N) is 1. The fourth-order valence-corrected chi connectivity index (χ4v) is 5.40. The van der Waals surface area contributed by atoms with E-state index >= 15 is 0 Å². The monoisotopic (exact) mass is 464 g/mol.